The zero-order valence-electron chi connectivity index (χ0n) is 10.0. The third kappa shape index (κ3) is 3.15. The highest BCUT2D eigenvalue weighted by atomic mass is 16.6. The van der Waals surface area contributed by atoms with Crippen LogP contribution in [0.2, 0.25) is 0 Å². The highest BCUT2D eigenvalue weighted by molar-refractivity contribution is 5.94. The molecule has 0 bridgehead atoms. The van der Waals surface area contributed by atoms with Gasteiger partial charge in [-0.3, -0.25) is 4.79 Å². The number of nitro groups is 1. The first-order valence-corrected chi connectivity index (χ1v) is 5.67. The van der Waals surface area contributed by atoms with Gasteiger partial charge in [-0.15, -0.1) is 0 Å². The Hall–Kier alpha value is -2.70. The Morgan fingerprint density at radius 3 is 2.79 bits per heavy atom. The molecule has 19 heavy (non-hydrogen) atoms. The summed E-state index contributed by atoms with van der Waals surface area (Å²) in [5.74, 6) is -0.433. The van der Waals surface area contributed by atoms with Crippen molar-refractivity contribution >= 4 is 11.9 Å². The average Bonchev–Trinajstić information content (AvgIpc) is 2.88. The van der Waals surface area contributed by atoms with Crippen molar-refractivity contribution in [3.63, 3.8) is 0 Å². The van der Waals surface area contributed by atoms with E-state index in [1.807, 2.05) is 6.07 Å². The van der Waals surface area contributed by atoms with Gasteiger partial charge < -0.3 is 15.4 Å². The number of nitrogens with zero attached hydrogens (tertiary/aromatic N) is 3. The van der Waals surface area contributed by atoms with Gasteiger partial charge in [-0.25, -0.2) is 4.57 Å². The molecule has 0 saturated heterocycles. The average molecular weight is 260 g/mol. The van der Waals surface area contributed by atoms with Gasteiger partial charge in [0, 0.05) is 12.1 Å². The zero-order valence-corrected chi connectivity index (χ0v) is 10.0. The Bertz CT molecular complexity index is 580. The van der Waals surface area contributed by atoms with E-state index in [4.69, 9.17) is 0 Å². The summed E-state index contributed by atoms with van der Waals surface area (Å²) in [5, 5.41) is 13.3. The topological polar surface area (TPSA) is 90.1 Å². The first-order chi connectivity index (χ1) is 9.18. The van der Waals surface area contributed by atoms with E-state index >= 15 is 0 Å². The molecule has 0 spiro atoms. The Balaban J connectivity index is 1.89. The van der Waals surface area contributed by atoms with Crippen LogP contribution in [0.4, 0.5) is 5.95 Å². The summed E-state index contributed by atoms with van der Waals surface area (Å²) in [6.07, 6.45) is 2.87. The van der Waals surface area contributed by atoms with Crippen molar-refractivity contribution in [3.8, 4) is 0 Å². The third-order valence-corrected chi connectivity index (χ3v) is 2.53. The van der Waals surface area contributed by atoms with Crippen molar-refractivity contribution in [2.24, 2.45) is 0 Å². The van der Waals surface area contributed by atoms with Crippen LogP contribution < -0.4 is 5.32 Å². The van der Waals surface area contributed by atoms with Crippen molar-refractivity contribution in [2.75, 3.05) is 6.54 Å². The highest BCUT2D eigenvalue weighted by Crippen LogP contribution is 2.06. The molecule has 1 heterocycles. The van der Waals surface area contributed by atoms with E-state index in [1.165, 1.54) is 17.0 Å². The minimum atomic E-state index is -0.557. The minimum Gasteiger partial charge on any atom is -0.390 e. The standard InChI is InChI=1S/C12H12N4O3/c17-11(10-4-2-1-3-5-10)13-6-8-15-9-7-14-12(15)16(18)19/h1-5,7,9H,6,8H2,(H,13,17). The van der Waals surface area contributed by atoms with Crippen LogP contribution in [0, 0.1) is 10.1 Å². The van der Waals surface area contributed by atoms with Crippen LogP contribution in [0.1, 0.15) is 10.4 Å². The van der Waals surface area contributed by atoms with Gasteiger partial charge in [0.25, 0.3) is 5.91 Å². The molecule has 0 unspecified atom stereocenters. The molecule has 7 heteroatoms. The SMILES string of the molecule is O=C(NCCn1ccnc1[N+](=O)[O-])c1ccccc1. The first-order valence-electron chi connectivity index (χ1n) is 5.67. The number of benzene rings is 1. The highest BCUT2D eigenvalue weighted by Gasteiger charge is 2.13. The molecule has 1 aromatic heterocycles. The monoisotopic (exact) mass is 260 g/mol. The molecule has 2 rings (SSSR count). The summed E-state index contributed by atoms with van der Waals surface area (Å²) in [6.45, 7) is 0.597. The molecule has 0 aliphatic carbocycles. The van der Waals surface area contributed by atoms with Gasteiger partial charge in [0.05, 0.1) is 6.54 Å². The van der Waals surface area contributed by atoms with Gasteiger partial charge in [-0.1, -0.05) is 23.2 Å². The molecular formula is C12H12N4O3. The van der Waals surface area contributed by atoms with Crippen LogP contribution in [-0.2, 0) is 6.54 Å². The number of nitrogens with one attached hydrogen (secondary N) is 1. The first kappa shape index (κ1) is 12.7. The maximum absolute atomic E-state index is 11.7. The summed E-state index contributed by atoms with van der Waals surface area (Å²) in [5.41, 5.74) is 0.558. The number of hydrogen-bond acceptors (Lipinski definition) is 4. The third-order valence-electron chi connectivity index (χ3n) is 2.53. The van der Waals surface area contributed by atoms with E-state index in [0.717, 1.165) is 0 Å². The lowest BCUT2D eigenvalue weighted by Crippen LogP contribution is -2.27. The zero-order chi connectivity index (χ0) is 13.7. The fourth-order valence-electron chi connectivity index (χ4n) is 1.63. The predicted molar refractivity (Wildman–Crippen MR) is 67.7 cm³/mol. The van der Waals surface area contributed by atoms with Crippen molar-refractivity contribution in [1.29, 1.82) is 0 Å². The molecule has 1 amide bonds. The molecule has 1 aromatic carbocycles. The summed E-state index contributed by atoms with van der Waals surface area (Å²) in [6, 6.07) is 8.78. The molecule has 0 atom stereocenters. The molecule has 0 saturated carbocycles. The Morgan fingerprint density at radius 1 is 1.37 bits per heavy atom. The van der Waals surface area contributed by atoms with Gasteiger partial charge >= 0.3 is 5.95 Å². The fraction of sp³-hybridized carbons (Fsp3) is 0.167. The van der Waals surface area contributed by atoms with Crippen LogP contribution in [0.5, 0.6) is 0 Å². The van der Waals surface area contributed by atoms with Crippen LogP contribution in [0.25, 0.3) is 0 Å². The quantitative estimate of drug-likeness (QED) is 0.646. The van der Waals surface area contributed by atoms with E-state index in [0.29, 0.717) is 18.7 Å². The Morgan fingerprint density at radius 2 is 2.11 bits per heavy atom. The summed E-state index contributed by atoms with van der Waals surface area (Å²) in [7, 11) is 0. The second-order valence-corrected chi connectivity index (χ2v) is 3.80. The van der Waals surface area contributed by atoms with Crippen molar-refractivity contribution < 1.29 is 9.72 Å². The van der Waals surface area contributed by atoms with Gasteiger partial charge in [-0.05, 0) is 17.1 Å². The molecule has 7 nitrogen and oxygen atoms in total. The summed E-state index contributed by atoms with van der Waals surface area (Å²) >= 11 is 0. The molecule has 0 fully saturated rings. The number of imidazole rings is 1. The molecule has 2 aromatic rings. The number of aromatic nitrogens is 2. The molecule has 1 N–H and O–H groups in total. The largest absolute Gasteiger partial charge is 0.434 e. The van der Waals surface area contributed by atoms with Crippen molar-refractivity contribution in [1.82, 2.24) is 14.9 Å². The van der Waals surface area contributed by atoms with E-state index in [1.54, 1.807) is 24.3 Å². The van der Waals surface area contributed by atoms with E-state index in [9.17, 15) is 14.9 Å². The lowest BCUT2D eigenvalue weighted by atomic mass is 10.2. The number of amides is 1. The van der Waals surface area contributed by atoms with Crippen LogP contribution in [0.3, 0.4) is 0 Å². The smallest absolute Gasteiger partial charge is 0.390 e. The maximum Gasteiger partial charge on any atom is 0.434 e. The summed E-state index contributed by atoms with van der Waals surface area (Å²) in [4.78, 5) is 25.4. The minimum absolute atomic E-state index is 0.205. The second-order valence-electron chi connectivity index (χ2n) is 3.80. The number of carbonyl (C=O) groups is 1. The Labute approximate surface area is 109 Å². The lowest BCUT2D eigenvalue weighted by molar-refractivity contribution is -0.396. The fourth-order valence-corrected chi connectivity index (χ4v) is 1.63. The van der Waals surface area contributed by atoms with Crippen molar-refractivity contribution in [3.05, 3.63) is 58.4 Å². The maximum atomic E-state index is 11.7. The van der Waals surface area contributed by atoms with E-state index in [2.05, 4.69) is 10.3 Å². The van der Waals surface area contributed by atoms with Gasteiger partial charge in [0.1, 0.15) is 12.4 Å². The van der Waals surface area contributed by atoms with E-state index in [-0.39, 0.29) is 11.9 Å². The van der Waals surface area contributed by atoms with Crippen molar-refractivity contribution in [2.45, 2.75) is 6.54 Å². The Kier molecular flexibility index (Phi) is 3.87. The molecule has 98 valence electrons. The molecule has 0 aliphatic heterocycles. The molecule has 0 radical (unpaired) electrons. The van der Waals surface area contributed by atoms with Crippen LogP contribution in [0.15, 0.2) is 42.7 Å². The van der Waals surface area contributed by atoms with Gasteiger partial charge in [-0.2, -0.15) is 0 Å². The number of hydrogen-bond donors (Lipinski definition) is 1. The molecule has 0 aliphatic rings. The normalized spacial score (nSPS) is 10.1. The number of carbonyl (C=O) groups excluding carboxylic acids is 1. The van der Waals surface area contributed by atoms with Gasteiger partial charge in [0.2, 0.25) is 0 Å². The summed E-state index contributed by atoms with van der Waals surface area (Å²) < 4.78 is 1.38. The van der Waals surface area contributed by atoms with Crippen LogP contribution in [-0.4, -0.2) is 26.9 Å². The predicted octanol–water partition coefficient (Wildman–Crippen LogP) is 1.22. The van der Waals surface area contributed by atoms with Crippen LogP contribution >= 0.6 is 0 Å². The van der Waals surface area contributed by atoms with Gasteiger partial charge in [0.15, 0.2) is 0 Å². The molecular weight excluding hydrogens is 248 g/mol. The number of rotatable bonds is 5. The van der Waals surface area contributed by atoms with E-state index < -0.39 is 4.92 Å². The second kappa shape index (κ2) is 5.76. The lowest BCUT2D eigenvalue weighted by Gasteiger charge is -2.05.